The molecule has 1 heterocycles. The second-order valence-electron chi connectivity index (χ2n) is 2.66. The number of aromatic nitrogens is 1. The minimum absolute atomic E-state index is 0.127. The molecule has 6 heteroatoms. The smallest absolute Gasteiger partial charge is 0.339 e. The average Bonchev–Trinajstić information content (AvgIpc) is 2.17. The van der Waals surface area contributed by atoms with Crippen LogP contribution in [0.15, 0.2) is 10.7 Å². The molecule has 3 N–H and O–H groups in total. The zero-order valence-corrected chi connectivity index (χ0v) is 9.67. The number of nitrogens with zero attached hydrogens (tertiary/aromatic N) is 1. The van der Waals surface area contributed by atoms with Crippen LogP contribution in [0, 0.1) is 5.41 Å². The van der Waals surface area contributed by atoms with Crippen LogP contribution in [-0.4, -0.2) is 23.8 Å². The molecule has 1 aromatic rings. The Balaban J connectivity index is 3.26. The Labute approximate surface area is 95.3 Å². The number of pyridine rings is 1. The van der Waals surface area contributed by atoms with Crippen LogP contribution in [0.4, 0.5) is 5.82 Å². The number of carbonyl (C=O) groups is 1. The number of halogens is 1. The maximum atomic E-state index is 11.5. The van der Waals surface area contributed by atoms with Crippen molar-refractivity contribution in [1.29, 1.82) is 5.41 Å². The molecular weight excluding hydrogens is 262 g/mol. The van der Waals surface area contributed by atoms with Gasteiger partial charge in [-0.3, -0.25) is 0 Å². The van der Waals surface area contributed by atoms with E-state index in [2.05, 4.69) is 20.9 Å². The predicted molar refractivity (Wildman–Crippen MR) is 60.2 cm³/mol. The molecule has 0 fully saturated rings. The zero-order valence-electron chi connectivity index (χ0n) is 8.08. The van der Waals surface area contributed by atoms with Crippen molar-refractivity contribution in [3.63, 3.8) is 0 Å². The van der Waals surface area contributed by atoms with E-state index in [0.29, 0.717) is 4.60 Å². The Morgan fingerprint density at radius 2 is 2.47 bits per heavy atom. The largest absolute Gasteiger partial charge is 0.462 e. The Bertz CT molecular complexity index is 407. The second kappa shape index (κ2) is 4.88. The summed E-state index contributed by atoms with van der Waals surface area (Å²) < 4.78 is 5.27. The van der Waals surface area contributed by atoms with Gasteiger partial charge in [0, 0.05) is 11.8 Å². The van der Waals surface area contributed by atoms with Gasteiger partial charge < -0.3 is 15.9 Å². The van der Waals surface area contributed by atoms with Gasteiger partial charge in [0.15, 0.2) is 0 Å². The SMILES string of the molecule is CCOC(=O)c1cc(Br)nc(N)c1C=N. The lowest BCUT2D eigenvalue weighted by molar-refractivity contribution is 0.0526. The van der Waals surface area contributed by atoms with Gasteiger partial charge in [-0.25, -0.2) is 9.78 Å². The fraction of sp³-hybridized carbons (Fsp3) is 0.222. The van der Waals surface area contributed by atoms with Crippen LogP contribution < -0.4 is 5.73 Å². The monoisotopic (exact) mass is 271 g/mol. The van der Waals surface area contributed by atoms with Gasteiger partial charge >= 0.3 is 5.97 Å². The Morgan fingerprint density at radius 3 is 3.00 bits per heavy atom. The highest BCUT2D eigenvalue weighted by Crippen LogP contribution is 2.19. The highest BCUT2D eigenvalue weighted by Gasteiger charge is 2.15. The molecule has 1 aromatic heterocycles. The first kappa shape index (κ1) is 11.6. The van der Waals surface area contributed by atoms with E-state index in [0.717, 1.165) is 6.21 Å². The number of esters is 1. The van der Waals surface area contributed by atoms with Gasteiger partial charge in [-0.1, -0.05) is 0 Å². The second-order valence-corrected chi connectivity index (χ2v) is 3.47. The quantitative estimate of drug-likeness (QED) is 0.497. The number of hydrogen-bond donors (Lipinski definition) is 2. The molecule has 0 bridgehead atoms. The summed E-state index contributed by atoms with van der Waals surface area (Å²) in [6.07, 6.45) is 0.987. The van der Waals surface area contributed by atoms with Crippen molar-refractivity contribution in [3.05, 3.63) is 21.8 Å². The van der Waals surface area contributed by atoms with Gasteiger partial charge in [0.05, 0.1) is 12.2 Å². The number of carbonyl (C=O) groups excluding carboxylic acids is 1. The van der Waals surface area contributed by atoms with E-state index in [-0.39, 0.29) is 23.6 Å². The highest BCUT2D eigenvalue weighted by molar-refractivity contribution is 9.10. The van der Waals surface area contributed by atoms with Gasteiger partial charge in [-0.15, -0.1) is 0 Å². The topological polar surface area (TPSA) is 89.1 Å². The lowest BCUT2D eigenvalue weighted by atomic mass is 10.1. The number of rotatable bonds is 3. The number of anilines is 1. The minimum Gasteiger partial charge on any atom is -0.462 e. The van der Waals surface area contributed by atoms with Crippen LogP contribution in [-0.2, 0) is 4.74 Å². The molecule has 80 valence electrons. The van der Waals surface area contributed by atoms with Crippen LogP contribution >= 0.6 is 15.9 Å². The lowest BCUT2D eigenvalue weighted by Gasteiger charge is -2.07. The lowest BCUT2D eigenvalue weighted by Crippen LogP contribution is -2.11. The Kier molecular flexibility index (Phi) is 3.79. The van der Waals surface area contributed by atoms with E-state index in [1.807, 2.05) is 0 Å². The van der Waals surface area contributed by atoms with E-state index in [9.17, 15) is 4.79 Å². The normalized spacial score (nSPS) is 9.73. The van der Waals surface area contributed by atoms with Crippen LogP contribution in [0.2, 0.25) is 0 Å². The molecule has 0 aromatic carbocycles. The van der Waals surface area contributed by atoms with Crippen molar-refractivity contribution in [2.24, 2.45) is 0 Å². The minimum atomic E-state index is -0.509. The number of nitrogen functional groups attached to an aromatic ring is 1. The molecule has 0 unspecified atom stereocenters. The third-order valence-electron chi connectivity index (χ3n) is 1.70. The third-order valence-corrected chi connectivity index (χ3v) is 2.10. The maximum Gasteiger partial charge on any atom is 0.339 e. The highest BCUT2D eigenvalue weighted by atomic mass is 79.9. The van der Waals surface area contributed by atoms with Gasteiger partial charge in [-0.05, 0) is 28.9 Å². The average molecular weight is 272 g/mol. The zero-order chi connectivity index (χ0) is 11.4. The number of nitrogens with two attached hydrogens (primary N) is 1. The third kappa shape index (κ3) is 2.53. The number of hydrogen-bond acceptors (Lipinski definition) is 5. The summed E-state index contributed by atoms with van der Waals surface area (Å²) in [6, 6.07) is 1.48. The van der Waals surface area contributed by atoms with Crippen LogP contribution in [0.1, 0.15) is 22.8 Å². The van der Waals surface area contributed by atoms with Crippen molar-refractivity contribution in [3.8, 4) is 0 Å². The molecule has 15 heavy (non-hydrogen) atoms. The fourth-order valence-electron chi connectivity index (χ4n) is 1.07. The molecule has 0 aliphatic carbocycles. The number of ether oxygens (including phenoxy) is 1. The molecule has 0 atom stereocenters. The van der Waals surface area contributed by atoms with Crippen molar-refractivity contribution >= 4 is 33.9 Å². The van der Waals surface area contributed by atoms with Crippen molar-refractivity contribution in [2.75, 3.05) is 12.3 Å². The molecule has 0 aliphatic rings. The van der Waals surface area contributed by atoms with E-state index in [4.69, 9.17) is 15.9 Å². The van der Waals surface area contributed by atoms with Gasteiger partial charge in [0.1, 0.15) is 10.4 Å². The molecule has 0 saturated carbocycles. The van der Waals surface area contributed by atoms with Gasteiger partial charge in [0.25, 0.3) is 0 Å². The maximum absolute atomic E-state index is 11.5. The summed E-state index contributed by atoms with van der Waals surface area (Å²) in [4.78, 5) is 15.4. The summed E-state index contributed by atoms with van der Waals surface area (Å²) in [5.74, 6) is -0.381. The first-order valence-electron chi connectivity index (χ1n) is 4.23. The summed E-state index contributed by atoms with van der Waals surface area (Å²) in [5.41, 5.74) is 6.08. The van der Waals surface area contributed by atoms with E-state index in [1.165, 1.54) is 6.07 Å². The Hall–Kier alpha value is -1.43. The number of nitrogens with one attached hydrogen (secondary N) is 1. The first-order valence-corrected chi connectivity index (χ1v) is 5.03. The molecule has 0 radical (unpaired) electrons. The molecule has 0 saturated heterocycles. The molecule has 0 amide bonds. The van der Waals surface area contributed by atoms with E-state index in [1.54, 1.807) is 6.92 Å². The standard InChI is InChI=1S/C9H10BrN3O2/c1-2-15-9(14)5-3-7(10)13-8(12)6(5)4-11/h3-4,11H,2H2,1H3,(H2,12,13). The van der Waals surface area contributed by atoms with E-state index < -0.39 is 5.97 Å². The molecule has 5 nitrogen and oxygen atoms in total. The summed E-state index contributed by atoms with van der Waals surface area (Å²) in [5, 5.41) is 7.15. The fourth-order valence-corrected chi connectivity index (χ4v) is 1.49. The van der Waals surface area contributed by atoms with E-state index >= 15 is 0 Å². The summed E-state index contributed by atoms with van der Waals surface area (Å²) in [7, 11) is 0. The molecular formula is C9H10BrN3O2. The van der Waals surface area contributed by atoms with Crippen molar-refractivity contribution in [1.82, 2.24) is 4.98 Å². The summed E-state index contributed by atoms with van der Waals surface area (Å²) >= 11 is 3.12. The molecule has 0 spiro atoms. The van der Waals surface area contributed by atoms with Gasteiger partial charge in [0.2, 0.25) is 0 Å². The molecule has 0 aliphatic heterocycles. The van der Waals surface area contributed by atoms with Crippen molar-refractivity contribution < 1.29 is 9.53 Å². The van der Waals surface area contributed by atoms with Crippen LogP contribution in [0.5, 0.6) is 0 Å². The molecule has 1 rings (SSSR count). The van der Waals surface area contributed by atoms with Crippen molar-refractivity contribution in [2.45, 2.75) is 6.92 Å². The van der Waals surface area contributed by atoms with Crippen LogP contribution in [0.25, 0.3) is 0 Å². The predicted octanol–water partition coefficient (Wildman–Crippen LogP) is 1.60. The summed E-state index contributed by atoms with van der Waals surface area (Å²) in [6.45, 7) is 1.98. The van der Waals surface area contributed by atoms with Gasteiger partial charge in [-0.2, -0.15) is 0 Å². The van der Waals surface area contributed by atoms with Crippen LogP contribution in [0.3, 0.4) is 0 Å². The Morgan fingerprint density at radius 1 is 1.80 bits per heavy atom. The first-order chi connectivity index (χ1) is 7.10.